The Bertz CT molecular complexity index is 759. The molecule has 0 fully saturated rings. The van der Waals surface area contributed by atoms with Crippen LogP contribution in [0, 0.1) is 13.8 Å². The number of hydrogen-bond acceptors (Lipinski definition) is 2. The number of carbonyl (C=O) groups is 2. The Balaban J connectivity index is 2.02. The second kappa shape index (κ2) is 8.11. The van der Waals surface area contributed by atoms with Crippen molar-refractivity contribution >= 4 is 33.4 Å². The third-order valence-electron chi connectivity index (χ3n) is 3.69. The van der Waals surface area contributed by atoms with E-state index >= 15 is 0 Å². The highest BCUT2D eigenvalue weighted by Gasteiger charge is 2.14. The molecule has 0 saturated heterocycles. The van der Waals surface area contributed by atoms with Crippen molar-refractivity contribution < 1.29 is 9.59 Å². The molecule has 0 radical (unpaired) electrons. The number of carbonyl (C=O) groups excluding carboxylic acids is 2. The predicted molar refractivity (Wildman–Crippen MR) is 99.8 cm³/mol. The fraction of sp³-hybridized carbons (Fsp3) is 0.263. The first kappa shape index (κ1) is 18.2. The first-order valence-corrected chi connectivity index (χ1v) is 8.51. The summed E-state index contributed by atoms with van der Waals surface area (Å²) in [5.41, 5.74) is 3.94. The van der Waals surface area contributed by atoms with Gasteiger partial charge in [0.1, 0.15) is 6.54 Å². The molecule has 0 aromatic heterocycles. The molecule has 4 nitrogen and oxygen atoms in total. The van der Waals surface area contributed by atoms with Crippen LogP contribution >= 0.6 is 15.9 Å². The van der Waals surface area contributed by atoms with Crippen molar-refractivity contribution in [2.24, 2.45) is 0 Å². The Morgan fingerprint density at radius 3 is 2.50 bits per heavy atom. The fourth-order valence-electron chi connectivity index (χ4n) is 2.35. The zero-order valence-corrected chi connectivity index (χ0v) is 15.7. The summed E-state index contributed by atoms with van der Waals surface area (Å²) in [5.74, 6) is -0.342. The van der Waals surface area contributed by atoms with Crippen molar-refractivity contribution in [3.05, 3.63) is 63.6 Å². The highest BCUT2D eigenvalue weighted by Crippen LogP contribution is 2.20. The molecule has 2 aromatic carbocycles. The van der Waals surface area contributed by atoms with E-state index in [1.54, 1.807) is 0 Å². The highest BCUT2D eigenvalue weighted by molar-refractivity contribution is 9.10. The monoisotopic (exact) mass is 388 g/mol. The SMILES string of the molecule is CC(=O)N(CC(=O)Nc1ccc(C)c(Br)c1)Cc1cccc(C)c1. The maximum Gasteiger partial charge on any atom is 0.244 e. The molecular formula is C19H21BrN2O2. The van der Waals surface area contributed by atoms with Gasteiger partial charge in [-0.05, 0) is 37.1 Å². The van der Waals surface area contributed by atoms with Crippen molar-refractivity contribution in [1.82, 2.24) is 4.90 Å². The van der Waals surface area contributed by atoms with Gasteiger partial charge in [0.2, 0.25) is 11.8 Å². The third-order valence-corrected chi connectivity index (χ3v) is 4.55. The van der Waals surface area contributed by atoms with Crippen molar-refractivity contribution in [3.63, 3.8) is 0 Å². The summed E-state index contributed by atoms with van der Waals surface area (Å²) >= 11 is 3.45. The summed E-state index contributed by atoms with van der Waals surface area (Å²) in [4.78, 5) is 25.7. The molecule has 0 atom stereocenters. The van der Waals surface area contributed by atoms with Gasteiger partial charge in [-0.25, -0.2) is 0 Å². The molecular weight excluding hydrogens is 368 g/mol. The lowest BCUT2D eigenvalue weighted by molar-refractivity contribution is -0.133. The smallest absolute Gasteiger partial charge is 0.244 e. The van der Waals surface area contributed by atoms with Gasteiger partial charge in [-0.1, -0.05) is 51.8 Å². The van der Waals surface area contributed by atoms with Gasteiger partial charge < -0.3 is 10.2 Å². The zero-order valence-electron chi connectivity index (χ0n) is 14.1. The molecule has 126 valence electrons. The van der Waals surface area contributed by atoms with Crippen LogP contribution in [-0.4, -0.2) is 23.3 Å². The maximum atomic E-state index is 12.3. The van der Waals surface area contributed by atoms with Crippen LogP contribution in [0.2, 0.25) is 0 Å². The Labute approximate surface area is 151 Å². The van der Waals surface area contributed by atoms with Crippen LogP contribution in [-0.2, 0) is 16.1 Å². The first-order chi connectivity index (χ1) is 11.3. The van der Waals surface area contributed by atoms with Crippen LogP contribution < -0.4 is 5.32 Å². The van der Waals surface area contributed by atoms with E-state index in [4.69, 9.17) is 0 Å². The molecule has 0 aliphatic carbocycles. The molecule has 0 aliphatic rings. The number of hydrogen-bond donors (Lipinski definition) is 1. The van der Waals surface area contributed by atoms with Crippen molar-refractivity contribution in [1.29, 1.82) is 0 Å². The Morgan fingerprint density at radius 2 is 1.88 bits per heavy atom. The van der Waals surface area contributed by atoms with Crippen LogP contribution in [0.15, 0.2) is 46.9 Å². The number of anilines is 1. The van der Waals surface area contributed by atoms with E-state index in [0.717, 1.165) is 21.2 Å². The zero-order chi connectivity index (χ0) is 17.7. The molecule has 1 N–H and O–H groups in total. The van der Waals surface area contributed by atoms with E-state index < -0.39 is 0 Å². The minimum absolute atomic E-state index is 0.0226. The van der Waals surface area contributed by atoms with Gasteiger partial charge in [-0.3, -0.25) is 9.59 Å². The molecule has 0 spiro atoms. The van der Waals surface area contributed by atoms with Crippen molar-refractivity contribution in [2.45, 2.75) is 27.3 Å². The van der Waals surface area contributed by atoms with E-state index in [2.05, 4.69) is 21.2 Å². The molecule has 5 heteroatoms. The number of rotatable bonds is 5. The second-order valence-electron chi connectivity index (χ2n) is 5.88. The topological polar surface area (TPSA) is 49.4 Å². The number of aryl methyl sites for hydroxylation is 2. The average Bonchev–Trinajstić information content (AvgIpc) is 2.50. The summed E-state index contributed by atoms with van der Waals surface area (Å²) in [7, 11) is 0. The number of nitrogens with one attached hydrogen (secondary N) is 1. The van der Waals surface area contributed by atoms with E-state index in [1.165, 1.54) is 11.8 Å². The molecule has 2 rings (SSSR count). The lowest BCUT2D eigenvalue weighted by Crippen LogP contribution is -2.36. The molecule has 24 heavy (non-hydrogen) atoms. The summed E-state index contributed by atoms with van der Waals surface area (Å²) < 4.78 is 0.934. The summed E-state index contributed by atoms with van der Waals surface area (Å²) in [5, 5.41) is 2.83. The number of amides is 2. The van der Waals surface area contributed by atoms with Crippen LogP contribution in [0.1, 0.15) is 23.6 Å². The van der Waals surface area contributed by atoms with Gasteiger partial charge in [-0.15, -0.1) is 0 Å². The molecule has 0 aliphatic heterocycles. The van der Waals surface area contributed by atoms with Crippen LogP contribution in [0.4, 0.5) is 5.69 Å². The lowest BCUT2D eigenvalue weighted by atomic mass is 10.1. The lowest BCUT2D eigenvalue weighted by Gasteiger charge is -2.21. The van der Waals surface area contributed by atoms with Gasteiger partial charge in [0, 0.05) is 23.6 Å². The molecule has 2 aromatic rings. The minimum atomic E-state index is -0.214. The molecule has 0 saturated carbocycles. The van der Waals surface area contributed by atoms with Gasteiger partial charge >= 0.3 is 0 Å². The fourth-order valence-corrected chi connectivity index (χ4v) is 2.73. The number of halogens is 1. The quantitative estimate of drug-likeness (QED) is 0.839. The summed E-state index contributed by atoms with van der Waals surface area (Å²) in [6.07, 6.45) is 0. The van der Waals surface area contributed by atoms with Crippen LogP contribution in [0.25, 0.3) is 0 Å². The maximum absolute atomic E-state index is 12.3. The highest BCUT2D eigenvalue weighted by atomic mass is 79.9. The van der Waals surface area contributed by atoms with E-state index in [9.17, 15) is 9.59 Å². The van der Waals surface area contributed by atoms with Crippen LogP contribution in [0.5, 0.6) is 0 Å². The minimum Gasteiger partial charge on any atom is -0.329 e. The average molecular weight is 389 g/mol. The normalized spacial score (nSPS) is 10.3. The Hall–Kier alpha value is -2.14. The standard InChI is InChI=1S/C19H21BrN2O2/c1-13-5-4-6-16(9-13)11-22(15(3)23)12-19(24)21-17-8-7-14(2)18(20)10-17/h4-10H,11-12H2,1-3H3,(H,21,24). The van der Waals surface area contributed by atoms with Crippen LogP contribution in [0.3, 0.4) is 0 Å². The summed E-state index contributed by atoms with van der Waals surface area (Å²) in [6, 6.07) is 13.6. The second-order valence-corrected chi connectivity index (χ2v) is 6.73. The van der Waals surface area contributed by atoms with Gasteiger partial charge in [0.15, 0.2) is 0 Å². The van der Waals surface area contributed by atoms with Crippen molar-refractivity contribution in [2.75, 3.05) is 11.9 Å². The van der Waals surface area contributed by atoms with E-state index in [-0.39, 0.29) is 18.4 Å². The molecule has 0 bridgehead atoms. The van der Waals surface area contributed by atoms with Crippen molar-refractivity contribution in [3.8, 4) is 0 Å². The van der Waals surface area contributed by atoms with Gasteiger partial charge in [-0.2, -0.15) is 0 Å². The largest absolute Gasteiger partial charge is 0.329 e. The Kier molecular flexibility index (Phi) is 6.15. The third kappa shape index (κ3) is 5.20. The molecule has 0 heterocycles. The Morgan fingerprint density at radius 1 is 1.12 bits per heavy atom. The summed E-state index contributed by atoms with van der Waals surface area (Å²) in [6.45, 7) is 5.90. The predicted octanol–water partition coefficient (Wildman–Crippen LogP) is 4.05. The number of benzene rings is 2. The van der Waals surface area contributed by atoms with E-state index in [0.29, 0.717) is 12.2 Å². The van der Waals surface area contributed by atoms with Gasteiger partial charge in [0.25, 0.3) is 0 Å². The molecule has 2 amide bonds. The number of nitrogens with zero attached hydrogens (tertiary/aromatic N) is 1. The van der Waals surface area contributed by atoms with E-state index in [1.807, 2.05) is 56.3 Å². The molecule has 0 unspecified atom stereocenters. The van der Waals surface area contributed by atoms with Gasteiger partial charge in [0.05, 0.1) is 0 Å². The first-order valence-electron chi connectivity index (χ1n) is 7.72.